The Kier molecular flexibility index (Phi) is 5.22. The summed E-state index contributed by atoms with van der Waals surface area (Å²) in [6.45, 7) is 6.91. The van der Waals surface area contributed by atoms with Crippen molar-refractivity contribution in [3.63, 3.8) is 0 Å². The number of phenolic OH excluding ortho intramolecular Hbond substituents is 1. The highest BCUT2D eigenvalue weighted by Gasteiger charge is 2.30. The molecule has 2 rings (SSSR count). The summed E-state index contributed by atoms with van der Waals surface area (Å²) in [7, 11) is 0. The van der Waals surface area contributed by atoms with Crippen molar-refractivity contribution in [1.29, 1.82) is 0 Å². The standard InChI is InChI=1S/C18H26N2O2/c1-4-18(2,3)13-9-11-14(12-10-13)19-20-17(22)15-7-5-6-8-16(15)21/h5-8,13,21H,4,9-12H2,1-3H3,(H,20,22). The quantitative estimate of drug-likeness (QED) is 0.822. The van der Waals surface area contributed by atoms with E-state index in [-0.39, 0.29) is 17.2 Å². The van der Waals surface area contributed by atoms with Crippen molar-refractivity contribution in [2.45, 2.75) is 52.9 Å². The molecule has 0 spiro atoms. The highest BCUT2D eigenvalue weighted by atomic mass is 16.3. The smallest absolute Gasteiger partial charge is 0.275 e. The third kappa shape index (κ3) is 3.87. The molecule has 0 saturated heterocycles. The van der Waals surface area contributed by atoms with E-state index in [0.29, 0.717) is 5.41 Å². The van der Waals surface area contributed by atoms with E-state index in [1.165, 1.54) is 12.5 Å². The van der Waals surface area contributed by atoms with Crippen molar-refractivity contribution in [3.8, 4) is 5.75 Å². The van der Waals surface area contributed by atoms with E-state index in [2.05, 4.69) is 31.3 Å². The van der Waals surface area contributed by atoms with Crippen LogP contribution in [0.5, 0.6) is 5.75 Å². The Balaban J connectivity index is 1.91. The Morgan fingerprint density at radius 3 is 2.55 bits per heavy atom. The molecular weight excluding hydrogens is 276 g/mol. The number of carbonyl (C=O) groups is 1. The number of nitrogens with zero attached hydrogens (tertiary/aromatic N) is 1. The lowest BCUT2D eigenvalue weighted by Gasteiger charge is -2.36. The zero-order chi connectivity index (χ0) is 16.2. The Labute approximate surface area is 132 Å². The highest BCUT2D eigenvalue weighted by Crippen LogP contribution is 2.39. The van der Waals surface area contributed by atoms with Gasteiger partial charge in [-0.05, 0) is 49.1 Å². The Morgan fingerprint density at radius 2 is 1.95 bits per heavy atom. The van der Waals surface area contributed by atoms with Gasteiger partial charge in [0.15, 0.2) is 0 Å². The molecule has 0 aromatic heterocycles. The van der Waals surface area contributed by atoms with Gasteiger partial charge in [-0.1, -0.05) is 39.3 Å². The summed E-state index contributed by atoms with van der Waals surface area (Å²) in [5, 5.41) is 13.9. The van der Waals surface area contributed by atoms with Gasteiger partial charge >= 0.3 is 0 Å². The van der Waals surface area contributed by atoms with E-state index in [9.17, 15) is 9.90 Å². The van der Waals surface area contributed by atoms with Crippen molar-refractivity contribution in [3.05, 3.63) is 29.8 Å². The first kappa shape index (κ1) is 16.5. The maximum Gasteiger partial charge on any atom is 0.275 e. The second-order valence-corrected chi connectivity index (χ2v) is 6.75. The summed E-state index contributed by atoms with van der Waals surface area (Å²) < 4.78 is 0. The molecule has 1 aromatic carbocycles. The summed E-state index contributed by atoms with van der Waals surface area (Å²) in [4.78, 5) is 12.0. The Morgan fingerprint density at radius 1 is 1.32 bits per heavy atom. The van der Waals surface area contributed by atoms with Crippen LogP contribution in [0.4, 0.5) is 0 Å². The van der Waals surface area contributed by atoms with E-state index in [1.807, 2.05) is 0 Å². The normalized spacial score (nSPS) is 18.9. The van der Waals surface area contributed by atoms with Gasteiger partial charge in [-0.25, -0.2) is 5.43 Å². The maximum atomic E-state index is 12.0. The molecule has 0 bridgehead atoms. The lowest BCUT2D eigenvalue weighted by Crippen LogP contribution is -2.29. The molecule has 4 nitrogen and oxygen atoms in total. The largest absolute Gasteiger partial charge is 0.507 e. The molecule has 2 N–H and O–H groups in total. The summed E-state index contributed by atoms with van der Waals surface area (Å²) in [6, 6.07) is 6.50. The molecule has 0 aliphatic heterocycles. The van der Waals surface area contributed by atoms with Gasteiger partial charge in [0.05, 0.1) is 5.56 Å². The predicted octanol–water partition coefficient (Wildman–Crippen LogP) is 4.10. The molecule has 0 heterocycles. The van der Waals surface area contributed by atoms with Gasteiger partial charge in [0.25, 0.3) is 5.91 Å². The number of aromatic hydroxyl groups is 1. The van der Waals surface area contributed by atoms with Crippen LogP contribution in [0.3, 0.4) is 0 Å². The minimum Gasteiger partial charge on any atom is -0.507 e. The fourth-order valence-electron chi connectivity index (χ4n) is 2.99. The van der Waals surface area contributed by atoms with E-state index >= 15 is 0 Å². The minimum absolute atomic E-state index is 0.0198. The number of hydrogen-bond acceptors (Lipinski definition) is 3. The average Bonchev–Trinajstić information content (AvgIpc) is 2.53. The van der Waals surface area contributed by atoms with Crippen LogP contribution in [0.25, 0.3) is 0 Å². The van der Waals surface area contributed by atoms with Crippen LogP contribution in [0.2, 0.25) is 0 Å². The topological polar surface area (TPSA) is 61.7 Å². The lowest BCUT2D eigenvalue weighted by atomic mass is 9.69. The van der Waals surface area contributed by atoms with Crippen LogP contribution in [0.1, 0.15) is 63.2 Å². The second kappa shape index (κ2) is 6.95. The third-order valence-corrected chi connectivity index (χ3v) is 5.04. The molecule has 1 aliphatic rings. The Bertz CT molecular complexity index is 554. The van der Waals surface area contributed by atoms with Crippen molar-refractivity contribution in [2.24, 2.45) is 16.4 Å². The molecule has 1 amide bonds. The Hall–Kier alpha value is -1.84. The van der Waals surface area contributed by atoms with Crippen LogP contribution in [0, 0.1) is 11.3 Å². The van der Waals surface area contributed by atoms with Crippen LogP contribution >= 0.6 is 0 Å². The highest BCUT2D eigenvalue weighted by molar-refractivity contribution is 5.97. The van der Waals surface area contributed by atoms with E-state index in [0.717, 1.165) is 37.3 Å². The van der Waals surface area contributed by atoms with Crippen molar-refractivity contribution in [1.82, 2.24) is 5.43 Å². The van der Waals surface area contributed by atoms with E-state index in [4.69, 9.17) is 0 Å². The first-order valence-corrected chi connectivity index (χ1v) is 8.08. The number of para-hydroxylation sites is 1. The van der Waals surface area contributed by atoms with Crippen LogP contribution in [-0.4, -0.2) is 16.7 Å². The third-order valence-electron chi connectivity index (χ3n) is 5.04. The van der Waals surface area contributed by atoms with Gasteiger partial charge in [-0.2, -0.15) is 5.10 Å². The summed E-state index contributed by atoms with van der Waals surface area (Å²) in [5.74, 6) is 0.348. The van der Waals surface area contributed by atoms with Crippen LogP contribution in [0.15, 0.2) is 29.4 Å². The molecule has 1 fully saturated rings. The van der Waals surface area contributed by atoms with Gasteiger partial charge in [0.1, 0.15) is 5.75 Å². The van der Waals surface area contributed by atoms with Crippen molar-refractivity contribution >= 4 is 11.6 Å². The van der Waals surface area contributed by atoms with Crippen LogP contribution in [-0.2, 0) is 0 Å². The fourth-order valence-corrected chi connectivity index (χ4v) is 2.99. The zero-order valence-electron chi connectivity index (χ0n) is 13.7. The van der Waals surface area contributed by atoms with Gasteiger partial charge in [-0.15, -0.1) is 0 Å². The predicted molar refractivity (Wildman–Crippen MR) is 89.0 cm³/mol. The molecule has 22 heavy (non-hydrogen) atoms. The van der Waals surface area contributed by atoms with E-state index < -0.39 is 0 Å². The first-order chi connectivity index (χ1) is 10.4. The molecule has 120 valence electrons. The number of phenols is 1. The van der Waals surface area contributed by atoms with E-state index in [1.54, 1.807) is 18.2 Å². The second-order valence-electron chi connectivity index (χ2n) is 6.75. The summed E-state index contributed by atoms with van der Waals surface area (Å²) in [6.07, 6.45) is 5.33. The van der Waals surface area contributed by atoms with Gasteiger partial charge in [-0.3, -0.25) is 4.79 Å². The van der Waals surface area contributed by atoms with Crippen molar-refractivity contribution < 1.29 is 9.90 Å². The van der Waals surface area contributed by atoms with Crippen LogP contribution < -0.4 is 5.43 Å². The number of benzene rings is 1. The van der Waals surface area contributed by atoms with Crippen molar-refractivity contribution in [2.75, 3.05) is 0 Å². The molecule has 1 aromatic rings. The van der Waals surface area contributed by atoms with Gasteiger partial charge < -0.3 is 5.11 Å². The molecule has 0 unspecified atom stereocenters. The molecule has 1 aliphatic carbocycles. The molecule has 0 radical (unpaired) electrons. The zero-order valence-corrected chi connectivity index (χ0v) is 13.7. The summed E-state index contributed by atoms with van der Waals surface area (Å²) in [5.41, 5.74) is 4.25. The number of hydrazone groups is 1. The monoisotopic (exact) mass is 302 g/mol. The van der Waals surface area contributed by atoms with Gasteiger partial charge in [0.2, 0.25) is 0 Å². The minimum atomic E-state index is -0.360. The molecular formula is C18H26N2O2. The fraction of sp³-hybridized carbons (Fsp3) is 0.556. The number of hydrogen-bond donors (Lipinski definition) is 2. The molecule has 0 atom stereocenters. The average molecular weight is 302 g/mol. The lowest BCUT2D eigenvalue weighted by molar-refractivity contribution is 0.0951. The molecule has 4 heteroatoms. The number of carbonyl (C=O) groups excluding carboxylic acids is 1. The number of amides is 1. The maximum absolute atomic E-state index is 12.0. The first-order valence-electron chi connectivity index (χ1n) is 8.08. The number of rotatable bonds is 4. The number of nitrogens with one attached hydrogen (secondary N) is 1. The molecule has 1 saturated carbocycles. The summed E-state index contributed by atoms with van der Waals surface area (Å²) >= 11 is 0. The van der Waals surface area contributed by atoms with Gasteiger partial charge in [0, 0.05) is 5.71 Å². The SMILES string of the molecule is CCC(C)(C)C1CCC(=NNC(=O)c2ccccc2O)CC1.